The van der Waals surface area contributed by atoms with E-state index in [1.54, 1.807) is 0 Å². The van der Waals surface area contributed by atoms with Gasteiger partial charge in [0, 0.05) is 0 Å². The zero-order valence-corrected chi connectivity index (χ0v) is 17.0. The number of carbonyl (C=O) groups is 1. The first-order chi connectivity index (χ1) is 13.1. The van der Waals surface area contributed by atoms with Crippen molar-refractivity contribution in [2.24, 2.45) is 0 Å². The number of carbonyl (C=O) groups excluding carboxylic acids is 1. The van der Waals surface area contributed by atoms with E-state index in [0.717, 1.165) is 37.2 Å². The highest BCUT2D eigenvalue weighted by Crippen LogP contribution is 2.22. The van der Waals surface area contributed by atoms with E-state index in [9.17, 15) is 4.79 Å². The lowest BCUT2D eigenvalue weighted by Gasteiger charge is -2.23. The van der Waals surface area contributed by atoms with Gasteiger partial charge < -0.3 is 10.6 Å². The van der Waals surface area contributed by atoms with Crippen LogP contribution in [-0.4, -0.2) is 34.0 Å². The number of piperidine rings is 1. The molecule has 1 unspecified atom stereocenters. The zero-order valence-electron chi connectivity index (χ0n) is 16.2. The number of hydrogen-bond acceptors (Lipinski definition) is 4. The number of halogens is 1. The Morgan fingerprint density at radius 1 is 1.18 bits per heavy atom. The fourth-order valence-electron chi connectivity index (χ4n) is 3.77. The fourth-order valence-corrected chi connectivity index (χ4v) is 3.77. The van der Waals surface area contributed by atoms with E-state index >= 15 is 0 Å². The Kier molecular flexibility index (Phi) is 6.31. The van der Waals surface area contributed by atoms with Crippen LogP contribution in [0.25, 0.3) is 10.8 Å². The number of amides is 1. The first-order valence-corrected chi connectivity index (χ1v) is 9.55. The molecule has 0 bridgehead atoms. The van der Waals surface area contributed by atoms with Gasteiger partial charge in [0.05, 0.1) is 17.8 Å². The molecule has 28 heavy (non-hydrogen) atoms. The van der Waals surface area contributed by atoms with Gasteiger partial charge >= 0.3 is 0 Å². The van der Waals surface area contributed by atoms with Gasteiger partial charge in [-0.25, -0.2) is 4.68 Å². The Labute approximate surface area is 171 Å². The van der Waals surface area contributed by atoms with Crippen molar-refractivity contribution in [3.63, 3.8) is 0 Å². The smallest absolute Gasteiger partial charge is 0.274 e. The molecule has 1 aliphatic rings. The van der Waals surface area contributed by atoms with E-state index in [-0.39, 0.29) is 24.4 Å². The molecule has 1 aromatic heterocycles. The normalized spacial score (nSPS) is 15.8. The number of nitrogens with one attached hydrogen (secondary N) is 2. The molecule has 148 valence electrons. The average molecular weight is 400 g/mol. The first-order valence-electron chi connectivity index (χ1n) is 9.55. The molecular formula is C21H26ClN5O. The van der Waals surface area contributed by atoms with Crippen molar-refractivity contribution in [2.45, 2.75) is 38.8 Å². The molecule has 2 heterocycles. The molecule has 1 atom stereocenters. The van der Waals surface area contributed by atoms with Crippen molar-refractivity contribution in [3.8, 4) is 0 Å². The predicted octanol–water partition coefficient (Wildman–Crippen LogP) is 3.58. The van der Waals surface area contributed by atoms with Crippen LogP contribution in [0.4, 0.5) is 0 Å². The average Bonchev–Trinajstić information content (AvgIpc) is 3.09. The van der Waals surface area contributed by atoms with Crippen LogP contribution in [0.2, 0.25) is 0 Å². The lowest BCUT2D eigenvalue weighted by Crippen LogP contribution is -2.31. The molecule has 2 N–H and O–H groups in total. The number of benzene rings is 2. The second-order valence-corrected chi connectivity index (χ2v) is 7.25. The Balaban J connectivity index is 0.00000225. The zero-order chi connectivity index (χ0) is 18.8. The number of nitrogens with zero attached hydrogens (tertiary/aromatic N) is 3. The van der Waals surface area contributed by atoms with Crippen LogP contribution < -0.4 is 10.6 Å². The molecule has 1 saturated heterocycles. The Bertz CT molecular complexity index is 964. The monoisotopic (exact) mass is 399 g/mol. The molecule has 0 spiro atoms. The van der Waals surface area contributed by atoms with Crippen LogP contribution in [0.15, 0.2) is 42.5 Å². The van der Waals surface area contributed by atoms with Crippen molar-refractivity contribution in [1.29, 1.82) is 0 Å². The van der Waals surface area contributed by atoms with Gasteiger partial charge in [-0.15, -0.1) is 17.5 Å². The second-order valence-electron chi connectivity index (χ2n) is 7.25. The van der Waals surface area contributed by atoms with Crippen molar-refractivity contribution >= 4 is 29.1 Å². The summed E-state index contributed by atoms with van der Waals surface area (Å²) in [5.74, 6) is -0.173. The third-order valence-corrected chi connectivity index (χ3v) is 5.42. The van der Waals surface area contributed by atoms with Crippen LogP contribution in [0.5, 0.6) is 0 Å². The summed E-state index contributed by atoms with van der Waals surface area (Å²) in [4.78, 5) is 12.8. The van der Waals surface area contributed by atoms with E-state index in [4.69, 9.17) is 0 Å². The quantitative estimate of drug-likeness (QED) is 0.703. The van der Waals surface area contributed by atoms with Crippen molar-refractivity contribution in [3.05, 3.63) is 59.4 Å². The third kappa shape index (κ3) is 4.03. The molecular weight excluding hydrogens is 374 g/mol. The van der Waals surface area contributed by atoms with E-state index < -0.39 is 0 Å². The number of rotatable bonds is 4. The van der Waals surface area contributed by atoms with Gasteiger partial charge in [0.1, 0.15) is 0 Å². The minimum atomic E-state index is -0.173. The summed E-state index contributed by atoms with van der Waals surface area (Å²) >= 11 is 0. The Morgan fingerprint density at radius 2 is 1.89 bits per heavy atom. The molecule has 7 heteroatoms. The van der Waals surface area contributed by atoms with Gasteiger partial charge in [-0.1, -0.05) is 41.6 Å². The van der Waals surface area contributed by atoms with Gasteiger partial charge in [0.15, 0.2) is 5.69 Å². The maximum atomic E-state index is 12.8. The summed E-state index contributed by atoms with van der Waals surface area (Å²) < 4.78 is 1.91. The minimum Gasteiger partial charge on any atom is -0.344 e. The lowest BCUT2D eigenvalue weighted by molar-refractivity contribution is 0.0934. The van der Waals surface area contributed by atoms with Crippen molar-refractivity contribution in [1.82, 2.24) is 25.6 Å². The molecule has 3 aromatic rings. The topological polar surface area (TPSA) is 71.8 Å². The van der Waals surface area contributed by atoms with Gasteiger partial charge in [0.25, 0.3) is 5.91 Å². The van der Waals surface area contributed by atoms with Crippen molar-refractivity contribution < 1.29 is 4.79 Å². The number of fused-ring (bicyclic) bond motifs is 1. The molecule has 1 fully saturated rings. The van der Waals surface area contributed by atoms with E-state index in [2.05, 4.69) is 51.3 Å². The van der Waals surface area contributed by atoms with Crippen LogP contribution in [0.3, 0.4) is 0 Å². The SMILES string of the molecule is Cc1c(C(=O)NC(C)c2ccc3ccccc3c2)nnn1C1CCNCC1.Cl. The molecule has 1 aliphatic heterocycles. The number of hydrogen-bond donors (Lipinski definition) is 2. The summed E-state index contributed by atoms with van der Waals surface area (Å²) in [7, 11) is 0. The van der Waals surface area contributed by atoms with Gasteiger partial charge in [-0.3, -0.25) is 4.79 Å². The van der Waals surface area contributed by atoms with Crippen LogP contribution in [0.1, 0.15) is 53.6 Å². The summed E-state index contributed by atoms with van der Waals surface area (Å²) in [6.07, 6.45) is 2.03. The summed E-state index contributed by atoms with van der Waals surface area (Å²) in [6, 6.07) is 14.7. The minimum absolute atomic E-state index is 0. The van der Waals surface area contributed by atoms with Crippen LogP contribution >= 0.6 is 12.4 Å². The van der Waals surface area contributed by atoms with E-state index in [1.807, 2.05) is 30.7 Å². The maximum Gasteiger partial charge on any atom is 0.274 e. The highest BCUT2D eigenvalue weighted by molar-refractivity contribution is 5.93. The molecule has 0 aliphatic carbocycles. The predicted molar refractivity (Wildman–Crippen MR) is 113 cm³/mol. The molecule has 0 radical (unpaired) electrons. The van der Waals surface area contributed by atoms with Gasteiger partial charge in [-0.05, 0) is 62.2 Å². The van der Waals surface area contributed by atoms with Crippen LogP contribution in [-0.2, 0) is 0 Å². The largest absolute Gasteiger partial charge is 0.344 e. The van der Waals surface area contributed by atoms with Gasteiger partial charge in [-0.2, -0.15) is 0 Å². The van der Waals surface area contributed by atoms with Crippen LogP contribution in [0, 0.1) is 6.92 Å². The molecule has 6 nitrogen and oxygen atoms in total. The molecule has 4 rings (SSSR count). The van der Waals surface area contributed by atoms with Crippen molar-refractivity contribution in [2.75, 3.05) is 13.1 Å². The molecule has 1 amide bonds. The first kappa shape index (κ1) is 20.3. The molecule has 0 saturated carbocycles. The standard InChI is InChI=1S/C21H25N5O.ClH/c1-14(17-8-7-16-5-3-4-6-18(16)13-17)23-21(27)20-15(2)26(25-24-20)19-9-11-22-12-10-19;/h3-8,13-14,19,22H,9-12H2,1-2H3,(H,23,27);1H. The van der Waals surface area contributed by atoms with E-state index in [0.29, 0.717) is 11.7 Å². The third-order valence-electron chi connectivity index (χ3n) is 5.42. The fraction of sp³-hybridized carbons (Fsp3) is 0.381. The molecule has 2 aromatic carbocycles. The maximum absolute atomic E-state index is 12.8. The van der Waals surface area contributed by atoms with E-state index in [1.165, 1.54) is 10.8 Å². The Morgan fingerprint density at radius 3 is 2.64 bits per heavy atom. The Hall–Kier alpha value is -2.44. The summed E-state index contributed by atoms with van der Waals surface area (Å²) in [5.41, 5.74) is 2.33. The second kappa shape index (κ2) is 8.71. The number of aromatic nitrogens is 3. The highest BCUT2D eigenvalue weighted by Gasteiger charge is 2.23. The summed E-state index contributed by atoms with van der Waals surface area (Å²) in [5, 5.41) is 17.2. The highest BCUT2D eigenvalue weighted by atomic mass is 35.5. The van der Waals surface area contributed by atoms with Gasteiger partial charge in [0.2, 0.25) is 0 Å². The lowest BCUT2D eigenvalue weighted by atomic mass is 10.0. The summed E-state index contributed by atoms with van der Waals surface area (Å²) in [6.45, 7) is 5.88.